The van der Waals surface area contributed by atoms with E-state index in [1.165, 1.54) is 0 Å². The van der Waals surface area contributed by atoms with Crippen molar-refractivity contribution in [1.29, 1.82) is 0 Å². The standard InChI is InChI=1S/C24H30N4O/c1-17-14-27(11-10-25-17)15-23(29)28-16-24(3,4)20-13-26-21(12-22(20)28)18(2)19-8-6-5-7-9-19/h5-9,12-13,17,25H,2,10-11,14-16H2,1,3-4H3/t17-/m1/s1. The molecule has 1 amide bonds. The topological polar surface area (TPSA) is 48.5 Å². The monoisotopic (exact) mass is 390 g/mol. The van der Waals surface area contributed by atoms with Crippen molar-refractivity contribution in [1.82, 2.24) is 15.2 Å². The van der Waals surface area contributed by atoms with Crippen LogP contribution in [0.4, 0.5) is 5.69 Å². The van der Waals surface area contributed by atoms with E-state index in [-0.39, 0.29) is 11.3 Å². The van der Waals surface area contributed by atoms with Gasteiger partial charge in [-0.25, -0.2) is 0 Å². The number of fused-ring (bicyclic) bond motifs is 1. The van der Waals surface area contributed by atoms with Gasteiger partial charge in [0.05, 0.1) is 17.9 Å². The molecule has 0 unspecified atom stereocenters. The van der Waals surface area contributed by atoms with Crippen LogP contribution in [0.1, 0.15) is 37.6 Å². The molecule has 0 spiro atoms. The Bertz CT molecular complexity index is 922. The summed E-state index contributed by atoms with van der Waals surface area (Å²) in [4.78, 5) is 22.1. The lowest BCUT2D eigenvalue weighted by Crippen LogP contribution is -2.52. The maximum atomic E-state index is 13.2. The van der Waals surface area contributed by atoms with Gasteiger partial charge in [0, 0.05) is 55.0 Å². The highest BCUT2D eigenvalue weighted by molar-refractivity contribution is 5.98. The van der Waals surface area contributed by atoms with Crippen LogP contribution in [-0.2, 0) is 10.2 Å². The summed E-state index contributed by atoms with van der Waals surface area (Å²) in [5.74, 6) is 0.161. The van der Waals surface area contributed by atoms with E-state index in [0.717, 1.165) is 47.7 Å². The van der Waals surface area contributed by atoms with Crippen LogP contribution in [0.5, 0.6) is 0 Å². The van der Waals surface area contributed by atoms with Crippen LogP contribution in [0.3, 0.4) is 0 Å². The van der Waals surface area contributed by atoms with Gasteiger partial charge >= 0.3 is 0 Å². The first kappa shape index (κ1) is 19.8. The minimum absolute atomic E-state index is 0.110. The molecule has 0 saturated carbocycles. The van der Waals surface area contributed by atoms with E-state index >= 15 is 0 Å². The number of hydrogen-bond donors (Lipinski definition) is 1. The van der Waals surface area contributed by atoms with E-state index in [4.69, 9.17) is 0 Å². The quantitative estimate of drug-likeness (QED) is 0.872. The summed E-state index contributed by atoms with van der Waals surface area (Å²) in [5.41, 5.74) is 4.74. The van der Waals surface area contributed by atoms with Gasteiger partial charge in [0.25, 0.3) is 0 Å². The minimum atomic E-state index is -0.110. The fourth-order valence-corrected chi connectivity index (χ4v) is 4.36. The molecule has 1 aromatic carbocycles. The Labute approximate surface area is 173 Å². The Balaban J connectivity index is 1.60. The fraction of sp³-hybridized carbons (Fsp3) is 0.417. The molecule has 1 atom stereocenters. The van der Waals surface area contributed by atoms with Crippen LogP contribution < -0.4 is 10.2 Å². The largest absolute Gasteiger partial charge is 0.312 e. The summed E-state index contributed by atoms with van der Waals surface area (Å²) in [6, 6.07) is 12.5. The molecule has 0 aliphatic carbocycles. The molecule has 1 N–H and O–H groups in total. The molecule has 1 aromatic heterocycles. The number of rotatable bonds is 4. The number of nitrogens with zero attached hydrogens (tertiary/aromatic N) is 3. The number of nitrogens with one attached hydrogen (secondary N) is 1. The molecule has 2 aliphatic heterocycles. The van der Waals surface area contributed by atoms with Gasteiger partial charge in [0.15, 0.2) is 0 Å². The Kier molecular flexibility index (Phi) is 5.28. The third kappa shape index (κ3) is 3.98. The maximum Gasteiger partial charge on any atom is 0.241 e. The van der Waals surface area contributed by atoms with Crippen molar-refractivity contribution in [3.05, 3.63) is 66.0 Å². The third-order valence-corrected chi connectivity index (χ3v) is 6.00. The van der Waals surface area contributed by atoms with Crippen molar-refractivity contribution in [2.75, 3.05) is 37.6 Å². The highest BCUT2D eigenvalue weighted by Crippen LogP contribution is 2.41. The third-order valence-electron chi connectivity index (χ3n) is 6.00. The van der Waals surface area contributed by atoms with Gasteiger partial charge in [-0.3, -0.25) is 14.7 Å². The highest BCUT2D eigenvalue weighted by atomic mass is 16.2. The summed E-state index contributed by atoms with van der Waals surface area (Å²) < 4.78 is 0. The summed E-state index contributed by atoms with van der Waals surface area (Å²) in [5, 5.41) is 3.43. The van der Waals surface area contributed by atoms with Crippen LogP contribution in [0.2, 0.25) is 0 Å². The van der Waals surface area contributed by atoms with Crippen LogP contribution >= 0.6 is 0 Å². The molecule has 4 rings (SSSR count). The summed E-state index contributed by atoms with van der Waals surface area (Å²) >= 11 is 0. The number of piperazine rings is 1. The smallest absolute Gasteiger partial charge is 0.241 e. The van der Waals surface area contributed by atoms with Crippen LogP contribution in [0.25, 0.3) is 5.57 Å². The van der Waals surface area contributed by atoms with Gasteiger partial charge in [-0.15, -0.1) is 0 Å². The first-order valence-electron chi connectivity index (χ1n) is 10.4. The van der Waals surface area contributed by atoms with Crippen LogP contribution in [-0.4, -0.2) is 54.6 Å². The number of pyridine rings is 1. The number of amides is 1. The molecule has 5 nitrogen and oxygen atoms in total. The Morgan fingerprint density at radius 3 is 2.79 bits per heavy atom. The second-order valence-corrected chi connectivity index (χ2v) is 8.89. The molecule has 152 valence electrons. The Hall–Kier alpha value is -2.50. The molecule has 5 heteroatoms. The molecular weight excluding hydrogens is 360 g/mol. The fourth-order valence-electron chi connectivity index (χ4n) is 4.36. The number of anilines is 1. The van der Waals surface area contributed by atoms with Gasteiger partial charge in [0.2, 0.25) is 5.91 Å². The SMILES string of the molecule is C=C(c1ccccc1)c1cc2c(cn1)C(C)(C)CN2C(=O)CN1CCN[C@H](C)C1. The first-order chi connectivity index (χ1) is 13.8. The number of carbonyl (C=O) groups excluding carboxylic acids is 1. The van der Waals surface area contributed by atoms with Crippen LogP contribution in [0.15, 0.2) is 49.2 Å². The van der Waals surface area contributed by atoms with E-state index in [9.17, 15) is 4.79 Å². The molecule has 1 saturated heterocycles. The van der Waals surface area contributed by atoms with E-state index in [2.05, 4.69) is 42.6 Å². The van der Waals surface area contributed by atoms with E-state index < -0.39 is 0 Å². The lowest BCUT2D eigenvalue weighted by atomic mass is 9.88. The minimum Gasteiger partial charge on any atom is -0.312 e. The van der Waals surface area contributed by atoms with Gasteiger partial charge in [-0.1, -0.05) is 50.8 Å². The number of carbonyl (C=O) groups is 1. The van der Waals surface area contributed by atoms with E-state index in [1.54, 1.807) is 0 Å². The second-order valence-electron chi connectivity index (χ2n) is 8.89. The zero-order valence-electron chi connectivity index (χ0n) is 17.6. The summed E-state index contributed by atoms with van der Waals surface area (Å²) in [6.07, 6.45) is 1.93. The van der Waals surface area contributed by atoms with Crippen molar-refractivity contribution >= 4 is 17.2 Å². The van der Waals surface area contributed by atoms with Gasteiger partial charge in [-0.05, 0) is 18.6 Å². The molecule has 3 heterocycles. The summed E-state index contributed by atoms with van der Waals surface area (Å²) in [6.45, 7) is 14.7. The predicted molar refractivity (Wildman–Crippen MR) is 118 cm³/mol. The zero-order chi connectivity index (χ0) is 20.6. The van der Waals surface area contributed by atoms with E-state index in [0.29, 0.717) is 19.1 Å². The number of hydrogen-bond acceptors (Lipinski definition) is 4. The van der Waals surface area contributed by atoms with Gasteiger partial charge in [0.1, 0.15) is 0 Å². The summed E-state index contributed by atoms with van der Waals surface area (Å²) in [7, 11) is 0. The molecule has 2 aromatic rings. The number of aromatic nitrogens is 1. The lowest BCUT2D eigenvalue weighted by molar-refractivity contribution is -0.120. The van der Waals surface area contributed by atoms with Crippen molar-refractivity contribution in [2.24, 2.45) is 0 Å². The highest BCUT2D eigenvalue weighted by Gasteiger charge is 2.39. The molecule has 1 fully saturated rings. The predicted octanol–water partition coefficient (Wildman–Crippen LogP) is 3.06. The molecule has 0 radical (unpaired) electrons. The average Bonchev–Trinajstić information content (AvgIpc) is 2.99. The number of benzene rings is 1. The molecular formula is C24H30N4O. The zero-order valence-corrected chi connectivity index (χ0v) is 17.6. The van der Waals surface area contributed by atoms with E-state index in [1.807, 2.05) is 47.5 Å². The molecule has 0 bridgehead atoms. The first-order valence-corrected chi connectivity index (χ1v) is 10.4. The molecule has 29 heavy (non-hydrogen) atoms. The lowest BCUT2D eigenvalue weighted by Gasteiger charge is -2.32. The Morgan fingerprint density at radius 2 is 2.07 bits per heavy atom. The van der Waals surface area contributed by atoms with Crippen molar-refractivity contribution in [2.45, 2.75) is 32.2 Å². The molecule has 2 aliphatic rings. The average molecular weight is 391 g/mol. The van der Waals surface area contributed by atoms with Crippen molar-refractivity contribution in [3.63, 3.8) is 0 Å². The van der Waals surface area contributed by atoms with Crippen molar-refractivity contribution < 1.29 is 4.79 Å². The van der Waals surface area contributed by atoms with Gasteiger partial charge < -0.3 is 10.2 Å². The maximum absolute atomic E-state index is 13.2. The van der Waals surface area contributed by atoms with Crippen LogP contribution in [0, 0.1) is 0 Å². The van der Waals surface area contributed by atoms with Crippen molar-refractivity contribution in [3.8, 4) is 0 Å². The Morgan fingerprint density at radius 1 is 1.31 bits per heavy atom. The second kappa shape index (κ2) is 7.73. The normalized spacial score (nSPS) is 21.1. The van der Waals surface area contributed by atoms with Gasteiger partial charge in [-0.2, -0.15) is 0 Å².